The number of alkyl halides is 1. The molecule has 1 aliphatic rings. The number of nitrogen functional groups attached to an aromatic ring is 1. The molecule has 0 spiro atoms. The maximum absolute atomic E-state index is 14.0. The number of aromatic nitrogens is 3. The van der Waals surface area contributed by atoms with Gasteiger partial charge in [-0.05, 0) is 26.0 Å². The van der Waals surface area contributed by atoms with Gasteiger partial charge in [0, 0.05) is 0 Å². The van der Waals surface area contributed by atoms with Crippen molar-refractivity contribution in [2.45, 2.75) is 19.5 Å². The van der Waals surface area contributed by atoms with Crippen LogP contribution in [-0.2, 0) is 5.67 Å². The summed E-state index contributed by atoms with van der Waals surface area (Å²) in [6.45, 7) is 2.54. The van der Waals surface area contributed by atoms with Crippen molar-refractivity contribution in [1.82, 2.24) is 15.0 Å². The summed E-state index contributed by atoms with van der Waals surface area (Å²) in [5, 5.41) is 2.64. The van der Waals surface area contributed by atoms with Gasteiger partial charge in [0.25, 0.3) is 0 Å². The third kappa shape index (κ3) is 2.57. The van der Waals surface area contributed by atoms with E-state index in [0.717, 1.165) is 0 Å². The van der Waals surface area contributed by atoms with E-state index in [-0.39, 0.29) is 36.0 Å². The third-order valence-electron chi connectivity index (χ3n) is 2.91. The number of hydrogen-bond donors (Lipinski definition) is 2. The van der Waals surface area contributed by atoms with E-state index in [1.165, 1.54) is 26.0 Å². The first-order chi connectivity index (χ1) is 10.3. The largest absolute Gasteiger partial charge is 0.454 e. The normalized spacial score (nSPS) is 13.3. The second-order valence-electron chi connectivity index (χ2n) is 5.09. The predicted octanol–water partition coefficient (Wildman–Crippen LogP) is 2.27. The summed E-state index contributed by atoms with van der Waals surface area (Å²) in [6, 6.07) is 2.65. The minimum Gasteiger partial charge on any atom is -0.454 e. The van der Waals surface area contributed by atoms with Crippen molar-refractivity contribution in [3.8, 4) is 11.5 Å². The number of rotatable bonds is 3. The number of halogens is 2. The number of nitrogens with two attached hydrogens (primary N) is 1. The monoisotopic (exact) mass is 309 g/mol. The Morgan fingerprint density at radius 3 is 2.73 bits per heavy atom. The highest BCUT2D eigenvalue weighted by Crippen LogP contribution is 2.41. The first kappa shape index (κ1) is 14.2. The van der Waals surface area contributed by atoms with Crippen LogP contribution in [0.15, 0.2) is 12.1 Å². The molecule has 0 bridgehead atoms. The second-order valence-corrected chi connectivity index (χ2v) is 5.09. The van der Waals surface area contributed by atoms with Crippen molar-refractivity contribution < 1.29 is 18.3 Å². The van der Waals surface area contributed by atoms with Crippen molar-refractivity contribution in [2.24, 2.45) is 0 Å². The van der Waals surface area contributed by atoms with Gasteiger partial charge in [-0.2, -0.15) is 15.0 Å². The van der Waals surface area contributed by atoms with Gasteiger partial charge in [0.05, 0.1) is 0 Å². The number of fused-ring (bicyclic) bond motifs is 1. The Morgan fingerprint density at radius 2 is 2.00 bits per heavy atom. The molecule has 7 nitrogen and oxygen atoms in total. The van der Waals surface area contributed by atoms with Gasteiger partial charge < -0.3 is 20.5 Å². The van der Waals surface area contributed by atoms with Crippen LogP contribution in [0, 0.1) is 5.82 Å². The Hall–Kier alpha value is -2.71. The van der Waals surface area contributed by atoms with Crippen LogP contribution in [0.4, 0.5) is 26.4 Å². The van der Waals surface area contributed by atoms with E-state index < -0.39 is 11.5 Å². The second kappa shape index (κ2) is 4.93. The number of anilines is 3. The number of ether oxygens (including phenoxy) is 2. The van der Waals surface area contributed by atoms with Crippen molar-refractivity contribution in [3.63, 3.8) is 0 Å². The van der Waals surface area contributed by atoms with Crippen LogP contribution in [0.25, 0.3) is 0 Å². The molecule has 1 aromatic heterocycles. The molecule has 9 heteroatoms. The van der Waals surface area contributed by atoms with Gasteiger partial charge >= 0.3 is 0 Å². The Balaban J connectivity index is 2.01. The van der Waals surface area contributed by atoms with Crippen molar-refractivity contribution in [3.05, 3.63) is 23.8 Å². The SMILES string of the molecule is CC(C)(F)c1nc(N)nc(Nc2c(F)ccc3c2OCO3)n1. The first-order valence-corrected chi connectivity index (χ1v) is 6.40. The van der Waals surface area contributed by atoms with Crippen LogP contribution >= 0.6 is 0 Å². The molecule has 0 saturated heterocycles. The van der Waals surface area contributed by atoms with Gasteiger partial charge in [-0.25, -0.2) is 8.78 Å². The van der Waals surface area contributed by atoms with E-state index in [1.54, 1.807) is 0 Å². The fourth-order valence-corrected chi connectivity index (χ4v) is 1.89. The molecular weight excluding hydrogens is 296 g/mol. The van der Waals surface area contributed by atoms with Crippen LogP contribution in [0.1, 0.15) is 19.7 Å². The average Bonchev–Trinajstić information content (AvgIpc) is 2.89. The topological polar surface area (TPSA) is 95.2 Å². The van der Waals surface area contributed by atoms with Gasteiger partial charge in [0.2, 0.25) is 18.7 Å². The Morgan fingerprint density at radius 1 is 1.23 bits per heavy atom. The number of nitrogens with one attached hydrogen (secondary N) is 1. The van der Waals surface area contributed by atoms with Crippen LogP contribution in [0.2, 0.25) is 0 Å². The lowest BCUT2D eigenvalue weighted by atomic mass is 10.1. The average molecular weight is 309 g/mol. The van der Waals surface area contributed by atoms with E-state index in [2.05, 4.69) is 20.3 Å². The summed E-state index contributed by atoms with van der Waals surface area (Å²) in [5.74, 6) is -0.437. The van der Waals surface area contributed by atoms with E-state index in [0.29, 0.717) is 5.75 Å². The fraction of sp³-hybridized carbons (Fsp3) is 0.308. The maximum Gasteiger partial charge on any atom is 0.232 e. The van der Waals surface area contributed by atoms with Crippen molar-refractivity contribution in [1.29, 1.82) is 0 Å². The van der Waals surface area contributed by atoms with Crippen molar-refractivity contribution >= 4 is 17.6 Å². The Kier molecular flexibility index (Phi) is 3.19. The minimum atomic E-state index is -1.82. The summed E-state index contributed by atoms with van der Waals surface area (Å²) in [7, 11) is 0. The first-order valence-electron chi connectivity index (χ1n) is 6.40. The van der Waals surface area contributed by atoms with Gasteiger partial charge in [-0.3, -0.25) is 0 Å². The molecule has 2 heterocycles. The minimum absolute atomic E-state index is 0.0109. The molecule has 22 heavy (non-hydrogen) atoms. The van der Waals surface area contributed by atoms with E-state index in [4.69, 9.17) is 15.2 Å². The van der Waals surface area contributed by atoms with E-state index >= 15 is 0 Å². The van der Waals surface area contributed by atoms with Crippen LogP contribution in [0.5, 0.6) is 11.5 Å². The quantitative estimate of drug-likeness (QED) is 0.898. The maximum atomic E-state index is 14.0. The summed E-state index contributed by atoms with van der Waals surface area (Å²) in [5.41, 5.74) is 3.72. The zero-order chi connectivity index (χ0) is 15.9. The summed E-state index contributed by atoms with van der Waals surface area (Å²) >= 11 is 0. The molecule has 2 aromatic rings. The predicted molar refractivity (Wildman–Crippen MR) is 74.2 cm³/mol. The summed E-state index contributed by atoms with van der Waals surface area (Å²) < 4.78 is 38.3. The van der Waals surface area contributed by atoms with Gasteiger partial charge in [0.15, 0.2) is 28.8 Å². The van der Waals surface area contributed by atoms with Crippen molar-refractivity contribution in [2.75, 3.05) is 17.8 Å². The number of benzene rings is 1. The smallest absolute Gasteiger partial charge is 0.232 e. The lowest BCUT2D eigenvalue weighted by Gasteiger charge is -2.14. The molecular formula is C13H13F2N5O2. The highest BCUT2D eigenvalue weighted by atomic mass is 19.1. The summed E-state index contributed by atoms with van der Waals surface area (Å²) in [4.78, 5) is 11.5. The Labute approximate surface area is 124 Å². The molecule has 1 aromatic carbocycles. The molecule has 0 atom stereocenters. The Bertz CT molecular complexity index is 733. The van der Waals surface area contributed by atoms with E-state index in [9.17, 15) is 8.78 Å². The van der Waals surface area contributed by atoms with Crippen LogP contribution in [0.3, 0.4) is 0 Å². The number of hydrogen-bond acceptors (Lipinski definition) is 7. The molecule has 1 aliphatic heterocycles. The lowest BCUT2D eigenvalue weighted by Crippen LogP contribution is -2.17. The fourth-order valence-electron chi connectivity index (χ4n) is 1.89. The van der Waals surface area contributed by atoms with Gasteiger partial charge in [0.1, 0.15) is 5.69 Å². The molecule has 3 rings (SSSR count). The summed E-state index contributed by atoms with van der Waals surface area (Å²) in [6.07, 6.45) is 0. The molecule has 0 aliphatic carbocycles. The van der Waals surface area contributed by atoms with Gasteiger partial charge in [-0.15, -0.1) is 0 Å². The number of nitrogens with zero attached hydrogens (tertiary/aromatic N) is 3. The highest BCUT2D eigenvalue weighted by Gasteiger charge is 2.26. The lowest BCUT2D eigenvalue weighted by molar-refractivity contribution is 0.174. The molecule has 0 saturated carbocycles. The molecule has 0 unspecified atom stereocenters. The molecule has 0 radical (unpaired) electrons. The molecule has 116 valence electrons. The van der Waals surface area contributed by atoms with Gasteiger partial charge in [-0.1, -0.05) is 0 Å². The van der Waals surface area contributed by atoms with E-state index in [1.807, 2.05) is 0 Å². The zero-order valence-electron chi connectivity index (χ0n) is 11.9. The molecule has 0 fully saturated rings. The standard InChI is InChI=1S/C13H13F2N5O2/c1-13(2,15)10-18-11(16)20-12(19-10)17-8-6(14)3-4-7-9(8)22-5-21-7/h3-4H,5H2,1-2H3,(H3,16,17,18,19,20). The van der Waals surface area contributed by atoms with Crippen LogP contribution < -0.4 is 20.5 Å². The van der Waals surface area contributed by atoms with Crippen LogP contribution in [-0.4, -0.2) is 21.7 Å². The zero-order valence-corrected chi connectivity index (χ0v) is 11.9. The molecule has 3 N–H and O–H groups in total. The highest BCUT2D eigenvalue weighted by molar-refractivity contribution is 5.69. The third-order valence-corrected chi connectivity index (χ3v) is 2.91. The molecule has 0 amide bonds.